The molecule has 1 aromatic heterocycles. The van der Waals surface area contributed by atoms with E-state index in [9.17, 15) is 27.2 Å². The molecule has 1 aliphatic heterocycles. The van der Waals surface area contributed by atoms with Crippen molar-refractivity contribution in [1.29, 1.82) is 0 Å². The second kappa shape index (κ2) is 8.31. The van der Waals surface area contributed by atoms with Crippen LogP contribution in [0.1, 0.15) is 39.4 Å². The van der Waals surface area contributed by atoms with Gasteiger partial charge >= 0.3 is 6.18 Å². The Labute approximate surface area is 184 Å². The molecule has 0 saturated heterocycles. The number of H-pyrrole nitrogens is 1. The Morgan fingerprint density at radius 1 is 1.12 bits per heavy atom. The number of ether oxygens (including phenoxy) is 1. The number of hydrogen-bond donors (Lipinski definition) is 2. The molecule has 1 aliphatic rings. The largest absolute Gasteiger partial charge is 0.493 e. The molecule has 32 heavy (non-hydrogen) atoms. The Kier molecular flexibility index (Phi) is 5.68. The third-order valence-electron chi connectivity index (χ3n) is 5.11. The van der Waals surface area contributed by atoms with Crippen LogP contribution in [0, 0.1) is 5.82 Å². The highest BCUT2D eigenvalue weighted by molar-refractivity contribution is 6.32. The molecule has 2 N–H and O–H groups in total. The topological polar surface area (TPSA) is 71.2 Å². The normalized spacial score (nSPS) is 15.6. The molecule has 3 aromatic rings. The van der Waals surface area contributed by atoms with E-state index in [0.29, 0.717) is 11.3 Å². The number of fused-ring (bicyclic) bond motifs is 1. The fraction of sp³-hybridized carbons (Fsp3) is 0.182. The minimum Gasteiger partial charge on any atom is -0.493 e. The van der Waals surface area contributed by atoms with Crippen molar-refractivity contribution in [3.8, 4) is 5.75 Å². The molecule has 0 radical (unpaired) electrons. The van der Waals surface area contributed by atoms with E-state index in [1.807, 2.05) is 0 Å². The number of anilines is 1. The van der Waals surface area contributed by atoms with Crippen molar-refractivity contribution in [2.75, 3.05) is 11.9 Å². The van der Waals surface area contributed by atoms with E-state index in [2.05, 4.69) is 10.3 Å². The molecule has 0 aliphatic carbocycles. The number of halogens is 5. The van der Waals surface area contributed by atoms with Crippen LogP contribution < -0.4 is 15.6 Å². The maximum absolute atomic E-state index is 13.9. The quantitative estimate of drug-likeness (QED) is 0.511. The van der Waals surface area contributed by atoms with Gasteiger partial charge in [0.25, 0.3) is 5.91 Å². The summed E-state index contributed by atoms with van der Waals surface area (Å²) in [5, 5.41) is 1.85. The number of carbonyl (C=O) groups excluding carboxylic acids is 1. The third kappa shape index (κ3) is 4.34. The summed E-state index contributed by atoms with van der Waals surface area (Å²) >= 11 is 5.88. The molecule has 0 fully saturated rings. The average Bonchev–Trinajstić information content (AvgIpc) is 2.72. The van der Waals surface area contributed by atoms with Gasteiger partial charge in [-0.2, -0.15) is 13.2 Å². The van der Waals surface area contributed by atoms with Gasteiger partial charge in [0.05, 0.1) is 17.2 Å². The number of nitrogens with one attached hydrogen (secondary N) is 2. The molecule has 2 heterocycles. The lowest BCUT2D eigenvalue weighted by Crippen LogP contribution is -2.22. The minimum absolute atomic E-state index is 0.0271. The lowest BCUT2D eigenvalue weighted by atomic mass is 9.83. The van der Waals surface area contributed by atoms with E-state index in [1.54, 1.807) is 0 Å². The third-order valence-corrected chi connectivity index (χ3v) is 5.42. The Balaban J connectivity index is 1.86. The van der Waals surface area contributed by atoms with Crippen LogP contribution in [0.15, 0.2) is 53.5 Å². The zero-order chi connectivity index (χ0) is 23.0. The van der Waals surface area contributed by atoms with Crippen LogP contribution in [-0.2, 0) is 6.18 Å². The van der Waals surface area contributed by atoms with Crippen molar-refractivity contribution in [3.05, 3.63) is 92.1 Å². The Morgan fingerprint density at radius 2 is 1.91 bits per heavy atom. The number of carbonyl (C=O) groups is 1. The van der Waals surface area contributed by atoms with Crippen LogP contribution in [-0.4, -0.2) is 17.5 Å². The van der Waals surface area contributed by atoms with Gasteiger partial charge in [-0.05, 0) is 48.4 Å². The number of pyridine rings is 1. The number of alkyl halides is 3. The van der Waals surface area contributed by atoms with E-state index >= 15 is 0 Å². The van der Waals surface area contributed by atoms with Crippen LogP contribution >= 0.6 is 11.6 Å². The van der Waals surface area contributed by atoms with Crippen molar-refractivity contribution in [3.63, 3.8) is 0 Å². The highest BCUT2D eigenvalue weighted by Gasteiger charge is 2.37. The van der Waals surface area contributed by atoms with Crippen molar-refractivity contribution < 1.29 is 27.1 Å². The molecule has 4 rings (SSSR count). The second-order valence-electron chi connectivity index (χ2n) is 7.18. The first kappa shape index (κ1) is 21.9. The van der Waals surface area contributed by atoms with Crippen LogP contribution in [0.2, 0.25) is 5.02 Å². The minimum atomic E-state index is -4.76. The molecule has 2 aromatic carbocycles. The maximum atomic E-state index is 13.9. The van der Waals surface area contributed by atoms with Gasteiger partial charge in [0, 0.05) is 35.0 Å². The fourth-order valence-corrected chi connectivity index (χ4v) is 3.97. The Hall–Kier alpha value is -3.33. The van der Waals surface area contributed by atoms with Gasteiger partial charge in [-0.1, -0.05) is 11.6 Å². The van der Waals surface area contributed by atoms with Gasteiger partial charge in [-0.15, -0.1) is 0 Å². The first-order chi connectivity index (χ1) is 15.1. The number of benzene rings is 2. The zero-order valence-corrected chi connectivity index (χ0v) is 17.0. The number of hydrogen-bond acceptors (Lipinski definition) is 3. The van der Waals surface area contributed by atoms with E-state index in [4.69, 9.17) is 16.3 Å². The average molecular weight is 467 g/mol. The van der Waals surface area contributed by atoms with E-state index in [-0.39, 0.29) is 29.8 Å². The first-order valence-electron chi connectivity index (χ1n) is 9.46. The van der Waals surface area contributed by atoms with Crippen molar-refractivity contribution in [2.24, 2.45) is 0 Å². The molecule has 1 atom stereocenters. The second-order valence-corrected chi connectivity index (χ2v) is 7.59. The smallest absolute Gasteiger partial charge is 0.417 e. The maximum Gasteiger partial charge on any atom is 0.417 e. The number of aromatic nitrogens is 1. The monoisotopic (exact) mass is 466 g/mol. The summed E-state index contributed by atoms with van der Waals surface area (Å²) in [6.07, 6.45) is -3.22. The van der Waals surface area contributed by atoms with Gasteiger partial charge in [0.1, 0.15) is 11.6 Å². The summed E-state index contributed by atoms with van der Waals surface area (Å²) in [6.45, 7) is 0.169. The molecule has 0 bridgehead atoms. The predicted octanol–water partition coefficient (Wildman–Crippen LogP) is 5.35. The first-order valence-corrected chi connectivity index (χ1v) is 9.84. The van der Waals surface area contributed by atoms with Gasteiger partial charge in [-0.3, -0.25) is 9.59 Å². The van der Waals surface area contributed by atoms with Crippen LogP contribution in [0.3, 0.4) is 0 Å². The molecule has 166 valence electrons. The molecule has 0 saturated carbocycles. The van der Waals surface area contributed by atoms with E-state index in [1.165, 1.54) is 30.5 Å². The van der Waals surface area contributed by atoms with Crippen molar-refractivity contribution in [2.45, 2.75) is 18.5 Å². The number of aromatic amines is 1. The van der Waals surface area contributed by atoms with E-state index in [0.717, 1.165) is 18.2 Å². The van der Waals surface area contributed by atoms with E-state index < -0.39 is 40.0 Å². The molecular weight excluding hydrogens is 452 g/mol. The molecule has 1 unspecified atom stereocenters. The number of rotatable bonds is 3. The van der Waals surface area contributed by atoms with Gasteiger partial charge in [0.2, 0.25) is 5.56 Å². The summed E-state index contributed by atoms with van der Waals surface area (Å²) < 4.78 is 60.2. The van der Waals surface area contributed by atoms with Gasteiger partial charge < -0.3 is 15.0 Å². The summed E-state index contributed by atoms with van der Waals surface area (Å²) in [6, 6.07) is 8.07. The van der Waals surface area contributed by atoms with Crippen LogP contribution in [0.5, 0.6) is 5.75 Å². The lowest BCUT2D eigenvalue weighted by molar-refractivity contribution is -0.137. The molecule has 10 heteroatoms. The highest BCUT2D eigenvalue weighted by atomic mass is 35.5. The predicted molar refractivity (Wildman–Crippen MR) is 110 cm³/mol. The SMILES string of the molecule is O=C(Nc1cc[nH]c(=O)c1)c1cc(Cl)c(C(F)(F)F)cc1C1CCOc2ccc(F)cc21. The Bertz CT molecular complexity index is 1260. The fourth-order valence-electron chi connectivity index (χ4n) is 3.70. The van der Waals surface area contributed by atoms with Crippen LogP contribution in [0.4, 0.5) is 23.2 Å². The summed E-state index contributed by atoms with van der Waals surface area (Å²) in [7, 11) is 0. The lowest BCUT2D eigenvalue weighted by Gasteiger charge is -2.28. The molecule has 5 nitrogen and oxygen atoms in total. The molecule has 1 amide bonds. The Morgan fingerprint density at radius 3 is 2.62 bits per heavy atom. The molecule has 0 spiro atoms. The standard InChI is InChI=1S/C22H15ClF4N2O3/c23-18-10-16(21(31)29-12-3-5-28-20(30)8-12)14(9-17(18)22(25,26)27)13-4-6-32-19-2-1-11(24)7-15(13)19/h1-3,5,7-10,13H,4,6H2,(H2,28,29,30,31). The zero-order valence-electron chi connectivity index (χ0n) is 16.2. The van der Waals surface area contributed by atoms with Gasteiger partial charge in [0.15, 0.2) is 0 Å². The summed E-state index contributed by atoms with van der Waals surface area (Å²) in [4.78, 5) is 26.9. The highest BCUT2D eigenvalue weighted by Crippen LogP contribution is 2.44. The number of amides is 1. The van der Waals surface area contributed by atoms with Crippen LogP contribution in [0.25, 0.3) is 0 Å². The van der Waals surface area contributed by atoms with Gasteiger partial charge in [-0.25, -0.2) is 4.39 Å². The summed E-state index contributed by atoms with van der Waals surface area (Å²) in [5.41, 5.74) is -1.19. The molecular formula is C22H15ClF4N2O3. The van der Waals surface area contributed by atoms with Crippen molar-refractivity contribution >= 4 is 23.2 Å². The van der Waals surface area contributed by atoms with Crippen molar-refractivity contribution in [1.82, 2.24) is 4.98 Å². The summed E-state index contributed by atoms with van der Waals surface area (Å²) in [5.74, 6) is -1.76.